The van der Waals surface area contributed by atoms with E-state index in [1.807, 2.05) is 24.3 Å². The predicted molar refractivity (Wildman–Crippen MR) is 135 cm³/mol. The van der Waals surface area contributed by atoms with Gasteiger partial charge in [-0.3, -0.25) is 5.10 Å². The Morgan fingerprint density at radius 1 is 1.03 bits per heavy atom. The molecule has 0 aliphatic carbocycles. The summed E-state index contributed by atoms with van der Waals surface area (Å²) in [5, 5.41) is 11.9. The number of likely N-dealkylation sites (N-methyl/N-ethyl adjacent to an activating group) is 1. The number of ether oxygens (including phenoxy) is 1. The van der Waals surface area contributed by atoms with Crippen molar-refractivity contribution in [1.82, 2.24) is 30.0 Å². The van der Waals surface area contributed by atoms with E-state index in [0.717, 1.165) is 84.3 Å². The predicted octanol–water partition coefficient (Wildman–Crippen LogP) is 4.54. The molecule has 0 radical (unpaired) electrons. The van der Waals surface area contributed by atoms with E-state index in [1.54, 1.807) is 0 Å². The Balaban J connectivity index is 1.47. The van der Waals surface area contributed by atoms with Crippen molar-refractivity contribution in [1.29, 1.82) is 0 Å². The Morgan fingerprint density at radius 2 is 1.85 bits per heavy atom. The Kier molecular flexibility index (Phi) is 6.10. The van der Waals surface area contributed by atoms with E-state index in [0.29, 0.717) is 11.8 Å². The number of hydrogen-bond donors (Lipinski definition) is 3. The van der Waals surface area contributed by atoms with Gasteiger partial charge in [0, 0.05) is 66.2 Å². The van der Waals surface area contributed by atoms with Gasteiger partial charge in [0.25, 0.3) is 0 Å². The molecule has 0 spiro atoms. The standard InChI is InChI=1S/C25H32N8O/c1-5-6-18-14-23(31-30-18)27-22-15-24(33-11-9-32(4)10-12-33)29-25(28-22)34-21-8-7-20-19(17(21)3)13-16(2)26-20/h7-8,13-15,26H,5-6,9-12H2,1-4H3,(H2,27,28,29,30,31). The van der Waals surface area contributed by atoms with Gasteiger partial charge in [0.15, 0.2) is 5.82 Å². The topological polar surface area (TPSA) is 98.0 Å². The number of aromatic nitrogens is 5. The van der Waals surface area contributed by atoms with Crippen LogP contribution in [0.1, 0.15) is 30.3 Å². The number of nitrogens with one attached hydrogen (secondary N) is 3. The molecule has 9 nitrogen and oxygen atoms in total. The van der Waals surface area contributed by atoms with Crippen molar-refractivity contribution in [3.8, 4) is 11.8 Å². The van der Waals surface area contributed by atoms with Crippen molar-refractivity contribution in [3.05, 3.63) is 47.3 Å². The molecule has 9 heteroatoms. The molecule has 34 heavy (non-hydrogen) atoms. The van der Waals surface area contributed by atoms with Crippen molar-refractivity contribution in [2.75, 3.05) is 43.4 Å². The smallest absolute Gasteiger partial charge is 0.325 e. The monoisotopic (exact) mass is 460 g/mol. The minimum absolute atomic E-state index is 0.318. The first kappa shape index (κ1) is 22.2. The van der Waals surface area contributed by atoms with E-state index < -0.39 is 0 Å². The number of hydrogen-bond acceptors (Lipinski definition) is 7. The number of rotatable bonds is 7. The SMILES string of the molecule is CCCc1cc(Nc2cc(N3CCN(C)CC3)nc(Oc3ccc4[nH]c(C)cc4c3C)n2)n[nH]1. The quantitative estimate of drug-likeness (QED) is 0.372. The maximum Gasteiger partial charge on any atom is 0.325 e. The highest BCUT2D eigenvalue weighted by Gasteiger charge is 2.19. The minimum atomic E-state index is 0.318. The molecule has 1 saturated heterocycles. The Morgan fingerprint density at radius 3 is 2.65 bits per heavy atom. The highest BCUT2D eigenvalue weighted by molar-refractivity contribution is 5.86. The number of H-pyrrole nitrogens is 2. The van der Waals surface area contributed by atoms with E-state index in [9.17, 15) is 0 Å². The number of fused-ring (bicyclic) bond motifs is 1. The van der Waals surface area contributed by atoms with Gasteiger partial charge in [-0.2, -0.15) is 15.1 Å². The second kappa shape index (κ2) is 9.34. The van der Waals surface area contributed by atoms with Gasteiger partial charge in [-0.1, -0.05) is 13.3 Å². The zero-order valence-corrected chi connectivity index (χ0v) is 20.3. The van der Waals surface area contributed by atoms with Crippen molar-refractivity contribution in [2.45, 2.75) is 33.6 Å². The van der Waals surface area contributed by atoms with Gasteiger partial charge in [0.1, 0.15) is 17.4 Å². The normalized spacial score (nSPS) is 14.6. The van der Waals surface area contributed by atoms with Gasteiger partial charge in [-0.05, 0) is 45.5 Å². The summed E-state index contributed by atoms with van der Waals surface area (Å²) in [6.07, 6.45) is 2.02. The molecule has 0 unspecified atom stereocenters. The molecule has 3 aromatic heterocycles. The molecule has 1 aliphatic heterocycles. The van der Waals surface area contributed by atoms with Crippen LogP contribution in [0.2, 0.25) is 0 Å². The third-order valence-corrected chi connectivity index (χ3v) is 6.28. The lowest BCUT2D eigenvalue weighted by Gasteiger charge is -2.33. The first-order valence-electron chi connectivity index (χ1n) is 11.9. The molecule has 0 saturated carbocycles. The Bertz CT molecular complexity index is 1290. The number of aromatic amines is 2. The molecule has 1 fully saturated rings. The van der Waals surface area contributed by atoms with Crippen LogP contribution in [0.4, 0.5) is 17.5 Å². The van der Waals surface area contributed by atoms with Crippen LogP contribution in [0, 0.1) is 13.8 Å². The molecular weight excluding hydrogens is 428 g/mol. The van der Waals surface area contributed by atoms with E-state index in [4.69, 9.17) is 9.72 Å². The maximum absolute atomic E-state index is 6.26. The first-order valence-corrected chi connectivity index (χ1v) is 11.9. The minimum Gasteiger partial charge on any atom is -0.424 e. The molecule has 1 aliphatic rings. The molecule has 4 heterocycles. The van der Waals surface area contributed by atoms with Crippen LogP contribution in [-0.2, 0) is 6.42 Å². The molecule has 4 aromatic rings. The van der Waals surface area contributed by atoms with Gasteiger partial charge in [-0.25, -0.2) is 0 Å². The molecule has 5 rings (SSSR count). The highest BCUT2D eigenvalue weighted by Crippen LogP contribution is 2.32. The summed E-state index contributed by atoms with van der Waals surface area (Å²) in [5.74, 6) is 2.99. The second-order valence-corrected chi connectivity index (χ2v) is 9.04. The lowest BCUT2D eigenvalue weighted by atomic mass is 10.1. The molecular formula is C25H32N8O. The van der Waals surface area contributed by atoms with Crippen LogP contribution in [0.3, 0.4) is 0 Å². The average Bonchev–Trinajstić information content (AvgIpc) is 3.42. The van der Waals surface area contributed by atoms with Gasteiger partial charge in [0.2, 0.25) is 0 Å². The fraction of sp³-hybridized carbons (Fsp3) is 0.400. The molecule has 0 amide bonds. The summed E-state index contributed by atoms with van der Waals surface area (Å²) in [5.41, 5.74) is 4.37. The zero-order valence-electron chi connectivity index (χ0n) is 20.3. The third kappa shape index (κ3) is 4.70. The number of aryl methyl sites for hydroxylation is 3. The molecule has 3 N–H and O–H groups in total. The van der Waals surface area contributed by atoms with Crippen molar-refractivity contribution >= 4 is 28.4 Å². The first-order chi connectivity index (χ1) is 16.5. The second-order valence-electron chi connectivity index (χ2n) is 9.04. The van der Waals surface area contributed by atoms with Crippen LogP contribution in [-0.4, -0.2) is 63.3 Å². The number of nitrogens with zero attached hydrogens (tertiary/aromatic N) is 5. The van der Waals surface area contributed by atoms with Crippen LogP contribution in [0.15, 0.2) is 30.3 Å². The van der Waals surface area contributed by atoms with Crippen LogP contribution in [0.25, 0.3) is 10.9 Å². The molecule has 1 aromatic carbocycles. The van der Waals surface area contributed by atoms with E-state index in [1.165, 1.54) is 0 Å². The summed E-state index contributed by atoms with van der Waals surface area (Å²) in [6.45, 7) is 10.1. The number of benzene rings is 1. The fourth-order valence-corrected chi connectivity index (χ4v) is 4.35. The summed E-state index contributed by atoms with van der Waals surface area (Å²) >= 11 is 0. The van der Waals surface area contributed by atoms with Gasteiger partial charge in [0.05, 0.1) is 0 Å². The summed E-state index contributed by atoms with van der Waals surface area (Å²) in [4.78, 5) is 17.4. The number of piperazine rings is 1. The van der Waals surface area contributed by atoms with Crippen LogP contribution >= 0.6 is 0 Å². The maximum atomic E-state index is 6.26. The van der Waals surface area contributed by atoms with Gasteiger partial charge >= 0.3 is 6.01 Å². The zero-order chi connectivity index (χ0) is 23.7. The highest BCUT2D eigenvalue weighted by atomic mass is 16.5. The van der Waals surface area contributed by atoms with E-state index in [-0.39, 0.29) is 0 Å². The molecule has 178 valence electrons. The summed E-state index contributed by atoms with van der Waals surface area (Å²) in [6, 6.07) is 10.5. The van der Waals surface area contributed by atoms with Crippen molar-refractivity contribution in [3.63, 3.8) is 0 Å². The van der Waals surface area contributed by atoms with Crippen LogP contribution in [0.5, 0.6) is 11.8 Å². The lowest BCUT2D eigenvalue weighted by molar-refractivity contribution is 0.311. The molecule has 0 bridgehead atoms. The van der Waals surface area contributed by atoms with Crippen LogP contribution < -0.4 is 15.0 Å². The van der Waals surface area contributed by atoms with E-state index in [2.05, 4.69) is 69.2 Å². The molecule has 0 atom stereocenters. The fourth-order valence-electron chi connectivity index (χ4n) is 4.35. The van der Waals surface area contributed by atoms with Crippen molar-refractivity contribution in [2.24, 2.45) is 0 Å². The summed E-state index contributed by atoms with van der Waals surface area (Å²) in [7, 11) is 2.14. The van der Waals surface area contributed by atoms with E-state index >= 15 is 0 Å². The summed E-state index contributed by atoms with van der Waals surface area (Å²) < 4.78 is 6.26. The Hall–Kier alpha value is -3.59. The lowest BCUT2D eigenvalue weighted by Crippen LogP contribution is -2.44. The number of anilines is 3. The third-order valence-electron chi connectivity index (χ3n) is 6.28. The largest absolute Gasteiger partial charge is 0.424 e. The average molecular weight is 461 g/mol. The van der Waals surface area contributed by atoms with Gasteiger partial charge in [-0.15, -0.1) is 0 Å². The van der Waals surface area contributed by atoms with Gasteiger partial charge < -0.3 is 24.8 Å². The Labute approximate surface area is 199 Å². The van der Waals surface area contributed by atoms with Crippen molar-refractivity contribution < 1.29 is 4.74 Å².